The number of benzene rings is 1. The van der Waals surface area contributed by atoms with E-state index in [0.717, 1.165) is 48.5 Å². The van der Waals surface area contributed by atoms with E-state index < -0.39 is 0 Å². The largest absolute Gasteiger partial charge is 0.378 e. The minimum atomic E-state index is 0.310. The predicted octanol–water partition coefficient (Wildman–Crippen LogP) is 5.41. The standard InChI is InChI=1S/C23H32N4O/c1-2-3-8-21-25-22(28-27-21)15-24-19-6-4-5-7-20(19)26-23-12-16-9-17(13-23)11-18(10-16)14-23/h4-7,16-18,24,26H,2-3,8-15H2,1H3. The molecular weight excluding hydrogens is 348 g/mol. The Balaban J connectivity index is 1.26. The highest BCUT2D eigenvalue weighted by molar-refractivity contribution is 5.69. The van der Waals surface area contributed by atoms with Crippen LogP contribution in [0.2, 0.25) is 0 Å². The van der Waals surface area contributed by atoms with Crippen LogP contribution in [0.5, 0.6) is 0 Å². The van der Waals surface area contributed by atoms with Gasteiger partial charge in [-0.2, -0.15) is 4.98 Å². The number of anilines is 2. The van der Waals surface area contributed by atoms with Gasteiger partial charge in [0, 0.05) is 12.0 Å². The monoisotopic (exact) mass is 380 g/mol. The summed E-state index contributed by atoms with van der Waals surface area (Å²) in [4.78, 5) is 4.51. The van der Waals surface area contributed by atoms with Crippen LogP contribution in [0, 0.1) is 17.8 Å². The number of aryl methyl sites for hydroxylation is 1. The Morgan fingerprint density at radius 1 is 1.04 bits per heavy atom. The molecule has 6 rings (SSSR count). The Morgan fingerprint density at radius 3 is 2.39 bits per heavy atom. The molecule has 0 amide bonds. The first kappa shape index (κ1) is 18.0. The molecule has 5 heteroatoms. The lowest BCUT2D eigenvalue weighted by Gasteiger charge is -2.57. The van der Waals surface area contributed by atoms with Crippen molar-refractivity contribution in [1.82, 2.24) is 10.1 Å². The SMILES string of the molecule is CCCCc1noc(CNc2ccccc2NC23CC4CC(CC(C4)C2)C3)n1. The van der Waals surface area contributed by atoms with Gasteiger partial charge >= 0.3 is 0 Å². The molecule has 150 valence electrons. The maximum Gasteiger partial charge on any atom is 0.245 e. The molecule has 28 heavy (non-hydrogen) atoms. The van der Waals surface area contributed by atoms with Crippen molar-refractivity contribution in [3.8, 4) is 0 Å². The molecule has 4 saturated carbocycles. The van der Waals surface area contributed by atoms with Gasteiger partial charge in [0.15, 0.2) is 5.82 Å². The molecule has 2 N–H and O–H groups in total. The topological polar surface area (TPSA) is 63.0 Å². The van der Waals surface area contributed by atoms with Gasteiger partial charge in [-0.25, -0.2) is 0 Å². The summed E-state index contributed by atoms with van der Waals surface area (Å²) in [7, 11) is 0. The van der Waals surface area contributed by atoms with Crippen LogP contribution in [0.4, 0.5) is 11.4 Å². The number of nitrogens with zero attached hydrogens (tertiary/aromatic N) is 2. The second-order valence-corrected chi connectivity index (χ2v) is 9.43. The maximum atomic E-state index is 5.41. The molecule has 0 unspecified atom stereocenters. The van der Waals surface area contributed by atoms with Crippen molar-refractivity contribution in [1.29, 1.82) is 0 Å². The van der Waals surface area contributed by atoms with Gasteiger partial charge in [-0.05, 0) is 74.8 Å². The maximum absolute atomic E-state index is 5.41. The normalized spacial score (nSPS) is 30.5. The van der Waals surface area contributed by atoms with E-state index in [0.29, 0.717) is 18.0 Å². The van der Waals surface area contributed by atoms with Crippen molar-refractivity contribution in [2.45, 2.75) is 76.8 Å². The van der Waals surface area contributed by atoms with Crippen molar-refractivity contribution in [2.75, 3.05) is 10.6 Å². The molecule has 2 aromatic rings. The Hall–Kier alpha value is -2.04. The van der Waals surface area contributed by atoms with Crippen LogP contribution in [0.3, 0.4) is 0 Å². The first-order valence-electron chi connectivity index (χ1n) is 11.1. The summed E-state index contributed by atoms with van der Waals surface area (Å²) in [6.45, 7) is 2.75. The minimum absolute atomic E-state index is 0.310. The van der Waals surface area contributed by atoms with Gasteiger partial charge in [-0.15, -0.1) is 0 Å². The Kier molecular flexibility index (Phi) is 4.77. The van der Waals surface area contributed by atoms with Crippen LogP contribution in [0.15, 0.2) is 28.8 Å². The van der Waals surface area contributed by atoms with Crippen molar-refractivity contribution in [3.63, 3.8) is 0 Å². The van der Waals surface area contributed by atoms with E-state index in [9.17, 15) is 0 Å². The molecular formula is C23H32N4O. The Morgan fingerprint density at radius 2 is 1.71 bits per heavy atom. The molecule has 4 aliphatic rings. The van der Waals surface area contributed by atoms with Gasteiger partial charge in [0.25, 0.3) is 0 Å². The molecule has 1 heterocycles. The van der Waals surface area contributed by atoms with Gasteiger partial charge in [-0.1, -0.05) is 30.6 Å². The van der Waals surface area contributed by atoms with Crippen molar-refractivity contribution >= 4 is 11.4 Å². The lowest BCUT2D eigenvalue weighted by atomic mass is 9.53. The molecule has 0 radical (unpaired) electrons. The van der Waals surface area contributed by atoms with E-state index in [1.807, 2.05) is 0 Å². The average molecular weight is 381 g/mol. The molecule has 1 aromatic carbocycles. The Bertz CT molecular complexity index is 779. The molecule has 4 bridgehead atoms. The summed E-state index contributed by atoms with van der Waals surface area (Å²) in [6, 6.07) is 8.58. The second-order valence-electron chi connectivity index (χ2n) is 9.43. The molecule has 4 aliphatic carbocycles. The number of nitrogens with one attached hydrogen (secondary N) is 2. The van der Waals surface area contributed by atoms with Gasteiger partial charge < -0.3 is 15.2 Å². The fourth-order valence-electron chi connectivity index (χ4n) is 6.26. The molecule has 0 atom stereocenters. The van der Waals surface area contributed by atoms with Crippen LogP contribution >= 0.6 is 0 Å². The lowest BCUT2D eigenvalue weighted by molar-refractivity contribution is 0.0107. The summed E-state index contributed by atoms with van der Waals surface area (Å²) in [5, 5.41) is 11.6. The van der Waals surface area contributed by atoms with Gasteiger partial charge in [0.05, 0.1) is 17.9 Å². The fraction of sp³-hybridized carbons (Fsp3) is 0.652. The average Bonchev–Trinajstić information content (AvgIpc) is 3.12. The number of para-hydroxylation sites is 2. The predicted molar refractivity (Wildman–Crippen MR) is 111 cm³/mol. The van der Waals surface area contributed by atoms with E-state index in [4.69, 9.17) is 4.52 Å². The summed E-state index contributed by atoms with van der Waals surface area (Å²) in [5.74, 6) is 4.31. The minimum Gasteiger partial charge on any atom is -0.378 e. The highest BCUT2D eigenvalue weighted by Crippen LogP contribution is 2.56. The lowest BCUT2D eigenvalue weighted by Crippen LogP contribution is -2.54. The van der Waals surface area contributed by atoms with E-state index in [1.54, 1.807) is 0 Å². The van der Waals surface area contributed by atoms with Crippen molar-refractivity contribution in [3.05, 3.63) is 36.0 Å². The highest BCUT2D eigenvalue weighted by Gasteiger charge is 2.51. The Labute approximate surface area is 167 Å². The number of aromatic nitrogens is 2. The molecule has 0 aliphatic heterocycles. The van der Waals surface area contributed by atoms with E-state index in [-0.39, 0.29) is 0 Å². The zero-order valence-corrected chi connectivity index (χ0v) is 16.9. The van der Waals surface area contributed by atoms with Crippen LogP contribution in [0.25, 0.3) is 0 Å². The van der Waals surface area contributed by atoms with E-state index in [2.05, 4.69) is 52.0 Å². The third kappa shape index (κ3) is 3.63. The molecule has 0 spiro atoms. The van der Waals surface area contributed by atoms with Gasteiger partial charge in [-0.3, -0.25) is 0 Å². The van der Waals surface area contributed by atoms with E-state index in [1.165, 1.54) is 44.2 Å². The smallest absolute Gasteiger partial charge is 0.245 e. The number of unbranched alkanes of at least 4 members (excludes halogenated alkanes) is 1. The third-order valence-electron chi connectivity index (χ3n) is 7.06. The highest BCUT2D eigenvalue weighted by atomic mass is 16.5. The van der Waals surface area contributed by atoms with Crippen LogP contribution in [0.1, 0.15) is 70.0 Å². The summed E-state index contributed by atoms with van der Waals surface area (Å²) < 4.78 is 5.41. The van der Waals surface area contributed by atoms with Gasteiger partial charge in [0.1, 0.15) is 0 Å². The summed E-state index contributed by atoms with van der Waals surface area (Å²) in [6.07, 6.45) is 11.6. The van der Waals surface area contributed by atoms with Crippen LogP contribution in [-0.4, -0.2) is 15.7 Å². The zero-order valence-electron chi connectivity index (χ0n) is 16.9. The first-order chi connectivity index (χ1) is 13.7. The fourth-order valence-corrected chi connectivity index (χ4v) is 6.26. The van der Waals surface area contributed by atoms with Crippen LogP contribution < -0.4 is 10.6 Å². The van der Waals surface area contributed by atoms with Gasteiger partial charge in [0.2, 0.25) is 5.89 Å². The zero-order chi connectivity index (χ0) is 19.0. The van der Waals surface area contributed by atoms with Crippen molar-refractivity contribution in [2.24, 2.45) is 17.8 Å². The molecule has 4 fully saturated rings. The molecule has 5 nitrogen and oxygen atoms in total. The van der Waals surface area contributed by atoms with E-state index >= 15 is 0 Å². The van der Waals surface area contributed by atoms with Crippen LogP contribution in [-0.2, 0) is 13.0 Å². The summed E-state index contributed by atoms with van der Waals surface area (Å²) in [5.41, 5.74) is 2.66. The first-order valence-corrected chi connectivity index (χ1v) is 11.1. The quantitative estimate of drug-likeness (QED) is 0.641. The number of rotatable bonds is 8. The molecule has 1 aromatic heterocycles. The third-order valence-corrected chi connectivity index (χ3v) is 7.06. The second kappa shape index (κ2) is 7.41. The number of hydrogen-bond donors (Lipinski definition) is 2. The summed E-state index contributed by atoms with van der Waals surface area (Å²) >= 11 is 0. The number of hydrogen-bond acceptors (Lipinski definition) is 5. The molecule has 0 saturated heterocycles. The van der Waals surface area contributed by atoms with Crippen molar-refractivity contribution < 1.29 is 4.52 Å².